The summed E-state index contributed by atoms with van der Waals surface area (Å²) in [4.78, 5) is 10.8. The van der Waals surface area contributed by atoms with Crippen LogP contribution >= 0.6 is 0 Å². The molecule has 0 aliphatic rings. The summed E-state index contributed by atoms with van der Waals surface area (Å²) in [6.07, 6.45) is 1.92. The lowest BCUT2D eigenvalue weighted by Crippen LogP contribution is -2.27. The molecule has 0 bridgehead atoms. The van der Waals surface area contributed by atoms with Crippen LogP contribution in [0.25, 0.3) is 0 Å². The summed E-state index contributed by atoms with van der Waals surface area (Å²) < 4.78 is 5.15. The molecule has 1 rings (SSSR count). The molecule has 0 heterocycles. The zero-order valence-electron chi connectivity index (χ0n) is 8.78. The van der Waals surface area contributed by atoms with Gasteiger partial charge in [-0.25, -0.2) is 0 Å². The van der Waals surface area contributed by atoms with Crippen LogP contribution in [0.4, 0.5) is 0 Å². The van der Waals surface area contributed by atoms with E-state index in [4.69, 9.17) is 4.74 Å². The van der Waals surface area contributed by atoms with Crippen molar-refractivity contribution in [1.82, 2.24) is 0 Å². The summed E-state index contributed by atoms with van der Waals surface area (Å²) in [6.45, 7) is 5.14. The molecule has 0 aliphatic heterocycles. The van der Waals surface area contributed by atoms with Gasteiger partial charge in [-0.2, -0.15) is 0 Å². The summed E-state index contributed by atoms with van der Waals surface area (Å²) in [6, 6.07) is 9.82. The maximum atomic E-state index is 10.8. The Morgan fingerprint density at radius 2 is 1.86 bits per heavy atom. The normalized spacial score (nSPS) is 11.1. The number of ether oxygens (including phenoxy) is 1. The van der Waals surface area contributed by atoms with Gasteiger partial charge in [-0.05, 0) is 19.4 Å². The number of hydrogen-bond donors (Lipinski definition) is 0. The number of carbonyl (C=O) groups is 1. The maximum absolute atomic E-state index is 10.8. The Morgan fingerprint density at radius 1 is 1.29 bits per heavy atom. The Balaban J connectivity index is 2.63. The van der Waals surface area contributed by atoms with E-state index in [-0.39, 0.29) is 5.97 Å². The Kier molecular flexibility index (Phi) is 3.28. The van der Waals surface area contributed by atoms with Crippen LogP contribution in [0.3, 0.4) is 0 Å². The van der Waals surface area contributed by atoms with E-state index in [9.17, 15) is 4.79 Å². The van der Waals surface area contributed by atoms with Gasteiger partial charge in [-0.15, -0.1) is 0 Å². The van der Waals surface area contributed by atoms with E-state index in [0.717, 1.165) is 5.56 Å². The third-order valence-electron chi connectivity index (χ3n) is 1.72. The second-order valence-electron chi connectivity index (χ2n) is 3.75. The second kappa shape index (κ2) is 4.27. The molecule has 0 aromatic heterocycles. The summed E-state index contributed by atoms with van der Waals surface area (Å²) in [5, 5.41) is 0. The first kappa shape index (κ1) is 10.8. The molecule has 2 nitrogen and oxygen atoms in total. The molecule has 0 N–H and O–H groups in total. The number of esters is 1. The summed E-state index contributed by atoms with van der Waals surface area (Å²) >= 11 is 0. The monoisotopic (exact) mass is 191 g/mol. The Morgan fingerprint density at radius 3 is 2.36 bits per heavy atom. The van der Waals surface area contributed by atoms with Crippen LogP contribution in [0.1, 0.15) is 26.3 Å². The van der Waals surface area contributed by atoms with E-state index in [1.165, 1.54) is 6.92 Å². The molecule has 0 amide bonds. The highest BCUT2D eigenvalue weighted by Gasteiger charge is 2.21. The number of hydrogen-bond acceptors (Lipinski definition) is 2. The van der Waals surface area contributed by atoms with Crippen molar-refractivity contribution in [2.24, 2.45) is 0 Å². The maximum Gasteiger partial charge on any atom is 0.303 e. The lowest BCUT2D eigenvalue weighted by molar-refractivity contribution is -0.150. The van der Waals surface area contributed by atoms with Crippen molar-refractivity contribution >= 4 is 5.97 Å². The number of rotatable bonds is 3. The summed E-state index contributed by atoms with van der Waals surface area (Å²) in [5.41, 5.74) is 0.506. The SMILES string of the molecule is CC(=O)OC(C)(C)[CH]c1ccccc1. The fourth-order valence-corrected chi connectivity index (χ4v) is 1.35. The first-order chi connectivity index (χ1) is 6.49. The predicted molar refractivity (Wildman–Crippen MR) is 55.7 cm³/mol. The zero-order chi connectivity index (χ0) is 10.6. The highest BCUT2D eigenvalue weighted by Crippen LogP contribution is 2.19. The first-order valence-electron chi connectivity index (χ1n) is 4.60. The molecule has 2 heteroatoms. The van der Waals surface area contributed by atoms with Gasteiger partial charge in [-0.3, -0.25) is 4.79 Å². The van der Waals surface area contributed by atoms with Gasteiger partial charge in [0.15, 0.2) is 0 Å². The molecule has 1 radical (unpaired) electrons. The fraction of sp³-hybridized carbons (Fsp3) is 0.333. The molecule has 1 aromatic carbocycles. The van der Waals surface area contributed by atoms with Crippen molar-refractivity contribution in [3.8, 4) is 0 Å². The molecular formula is C12H15O2. The molecule has 0 saturated carbocycles. The molecular weight excluding hydrogens is 176 g/mol. The average molecular weight is 191 g/mol. The van der Waals surface area contributed by atoms with Gasteiger partial charge in [0.05, 0.1) is 0 Å². The molecule has 0 unspecified atom stereocenters. The van der Waals surface area contributed by atoms with Crippen LogP contribution in [0.2, 0.25) is 0 Å². The van der Waals surface area contributed by atoms with Crippen molar-refractivity contribution in [3.05, 3.63) is 42.3 Å². The summed E-state index contributed by atoms with van der Waals surface area (Å²) in [7, 11) is 0. The van der Waals surface area contributed by atoms with E-state index in [1.807, 2.05) is 50.6 Å². The van der Waals surface area contributed by atoms with Crippen molar-refractivity contribution in [2.45, 2.75) is 26.4 Å². The number of benzene rings is 1. The molecule has 75 valence electrons. The van der Waals surface area contributed by atoms with Crippen LogP contribution in [0.5, 0.6) is 0 Å². The largest absolute Gasteiger partial charge is 0.459 e. The Hall–Kier alpha value is -1.31. The lowest BCUT2D eigenvalue weighted by atomic mass is 9.98. The van der Waals surface area contributed by atoms with Gasteiger partial charge in [0.1, 0.15) is 5.60 Å². The molecule has 0 atom stereocenters. The first-order valence-corrected chi connectivity index (χ1v) is 4.60. The van der Waals surface area contributed by atoms with E-state index in [1.54, 1.807) is 0 Å². The minimum atomic E-state index is -0.548. The molecule has 0 fully saturated rings. The van der Waals surface area contributed by atoms with Crippen LogP contribution in [0, 0.1) is 6.42 Å². The highest BCUT2D eigenvalue weighted by molar-refractivity contribution is 5.66. The average Bonchev–Trinajstić information content (AvgIpc) is 2.02. The van der Waals surface area contributed by atoms with Crippen LogP contribution in [-0.2, 0) is 9.53 Å². The topological polar surface area (TPSA) is 26.3 Å². The fourth-order valence-electron chi connectivity index (χ4n) is 1.35. The molecule has 0 saturated heterocycles. The van der Waals surface area contributed by atoms with Gasteiger partial charge in [0, 0.05) is 13.3 Å². The number of carbonyl (C=O) groups excluding carboxylic acids is 1. The Labute approximate surface area is 84.9 Å². The van der Waals surface area contributed by atoms with E-state index in [0.29, 0.717) is 0 Å². The van der Waals surface area contributed by atoms with Gasteiger partial charge >= 0.3 is 5.97 Å². The highest BCUT2D eigenvalue weighted by atomic mass is 16.6. The minimum Gasteiger partial charge on any atom is -0.459 e. The van der Waals surface area contributed by atoms with Crippen molar-refractivity contribution in [1.29, 1.82) is 0 Å². The summed E-state index contributed by atoms with van der Waals surface area (Å²) in [5.74, 6) is -0.262. The minimum absolute atomic E-state index is 0.262. The van der Waals surface area contributed by atoms with Crippen molar-refractivity contribution in [3.63, 3.8) is 0 Å². The molecule has 14 heavy (non-hydrogen) atoms. The molecule has 0 spiro atoms. The standard InChI is InChI=1S/C12H15O2/c1-10(13)14-12(2,3)9-11-7-5-4-6-8-11/h4-9H,1-3H3. The second-order valence-corrected chi connectivity index (χ2v) is 3.75. The molecule has 1 aromatic rings. The van der Waals surface area contributed by atoms with Crippen LogP contribution in [0.15, 0.2) is 30.3 Å². The predicted octanol–water partition coefficient (Wildman–Crippen LogP) is 2.58. The van der Waals surface area contributed by atoms with Gasteiger partial charge in [0.25, 0.3) is 0 Å². The van der Waals surface area contributed by atoms with Crippen LogP contribution in [-0.4, -0.2) is 11.6 Å². The smallest absolute Gasteiger partial charge is 0.303 e. The third-order valence-corrected chi connectivity index (χ3v) is 1.72. The van der Waals surface area contributed by atoms with Crippen molar-refractivity contribution in [2.75, 3.05) is 0 Å². The zero-order valence-corrected chi connectivity index (χ0v) is 8.78. The van der Waals surface area contributed by atoms with Gasteiger partial charge in [0.2, 0.25) is 0 Å². The van der Waals surface area contributed by atoms with Gasteiger partial charge < -0.3 is 4.74 Å². The third kappa shape index (κ3) is 3.60. The lowest BCUT2D eigenvalue weighted by Gasteiger charge is -2.23. The van der Waals surface area contributed by atoms with Crippen molar-refractivity contribution < 1.29 is 9.53 Å². The van der Waals surface area contributed by atoms with Crippen LogP contribution < -0.4 is 0 Å². The van der Waals surface area contributed by atoms with E-state index in [2.05, 4.69) is 0 Å². The Bertz CT molecular complexity index is 301. The molecule has 0 aliphatic carbocycles. The van der Waals surface area contributed by atoms with E-state index >= 15 is 0 Å². The van der Waals surface area contributed by atoms with Gasteiger partial charge in [-0.1, -0.05) is 30.3 Å². The van der Waals surface area contributed by atoms with E-state index < -0.39 is 5.60 Å². The quantitative estimate of drug-likeness (QED) is 0.686.